The quantitative estimate of drug-likeness (QED) is 0.612. The first-order valence-electron chi connectivity index (χ1n) is 4.49. The van der Waals surface area contributed by atoms with Gasteiger partial charge in [-0.2, -0.15) is 0 Å². The van der Waals surface area contributed by atoms with Crippen molar-refractivity contribution in [2.24, 2.45) is 10.7 Å². The molecule has 14 heavy (non-hydrogen) atoms. The van der Waals surface area contributed by atoms with E-state index in [1.165, 1.54) is 0 Å². The number of nitrogens with two attached hydrogens (primary N) is 1. The normalized spacial score (nSPS) is 25.1. The lowest BCUT2D eigenvalue weighted by atomic mass is 10.0. The second-order valence-corrected chi connectivity index (χ2v) is 3.39. The third-order valence-corrected chi connectivity index (χ3v) is 2.43. The van der Waals surface area contributed by atoms with Crippen LogP contribution >= 0.6 is 0 Å². The van der Waals surface area contributed by atoms with E-state index in [1.807, 2.05) is 30.3 Å². The molecule has 0 spiro atoms. The number of rotatable bonds is 1. The Labute approximate surface area is 82.7 Å². The molecule has 0 aliphatic carbocycles. The predicted octanol–water partition coefficient (Wildman–Crippen LogP) is -0.0125. The summed E-state index contributed by atoms with van der Waals surface area (Å²) < 4.78 is 0. The van der Waals surface area contributed by atoms with Gasteiger partial charge in [-0.1, -0.05) is 6.08 Å². The van der Waals surface area contributed by atoms with Crippen LogP contribution in [0.2, 0.25) is 0 Å². The Balaban J connectivity index is 2.45. The van der Waals surface area contributed by atoms with Crippen molar-refractivity contribution in [2.75, 3.05) is 13.7 Å². The van der Waals surface area contributed by atoms with Crippen LogP contribution in [0.4, 0.5) is 0 Å². The van der Waals surface area contributed by atoms with Gasteiger partial charge in [-0.3, -0.25) is 0 Å². The zero-order valence-electron chi connectivity index (χ0n) is 8.01. The maximum Gasteiger partial charge on any atom is 0.123 e. The molecule has 0 radical (unpaired) electrons. The number of hydrogen-bond donors (Lipinski definition) is 2. The fraction of sp³-hybridized carbons (Fsp3) is 0.300. The standard InChI is InChI=1S/C10H13N3O/c1-13-5-4-7(6-14)10-8(13)2-3-9(11)12-10/h2-5,8,14H,6H2,1H3,(H2,11,12). The molecule has 2 rings (SSSR count). The molecule has 0 saturated heterocycles. The summed E-state index contributed by atoms with van der Waals surface area (Å²) in [6, 6.07) is 0.106. The molecule has 4 heteroatoms. The Morgan fingerprint density at radius 3 is 3.07 bits per heavy atom. The second-order valence-electron chi connectivity index (χ2n) is 3.39. The SMILES string of the molecule is CN1C=CC(CO)=C2N=C(N)C=CC21. The number of aliphatic hydroxyl groups excluding tert-OH is 1. The van der Waals surface area contributed by atoms with Crippen molar-refractivity contribution >= 4 is 5.84 Å². The Hall–Kier alpha value is -1.55. The Morgan fingerprint density at radius 1 is 1.57 bits per heavy atom. The fourth-order valence-electron chi connectivity index (χ4n) is 1.63. The highest BCUT2D eigenvalue weighted by Crippen LogP contribution is 2.24. The van der Waals surface area contributed by atoms with Gasteiger partial charge in [-0.05, 0) is 12.2 Å². The van der Waals surface area contributed by atoms with Crippen molar-refractivity contribution in [3.63, 3.8) is 0 Å². The molecule has 0 amide bonds. The van der Waals surface area contributed by atoms with Crippen molar-refractivity contribution in [2.45, 2.75) is 6.04 Å². The lowest BCUT2D eigenvalue weighted by Gasteiger charge is -2.31. The molecule has 0 aromatic rings. The molecule has 74 valence electrons. The van der Waals surface area contributed by atoms with Gasteiger partial charge in [0.2, 0.25) is 0 Å². The first-order valence-corrected chi connectivity index (χ1v) is 4.49. The van der Waals surface area contributed by atoms with Gasteiger partial charge in [0, 0.05) is 18.8 Å². The van der Waals surface area contributed by atoms with Gasteiger partial charge < -0.3 is 15.7 Å². The van der Waals surface area contributed by atoms with Crippen molar-refractivity contribution < 1.29 is 5.11 Å². The maximum atomic E-state index is 9.14. The minimum Gasteiger partial charge on any atom is -0.392 e. The van der Waals surface area contributed by atoms with E-state index in [4.69, 9.17) is 10.8 Å². The molecule has 4 nitrogen and oxygen atoms in total. The number of fused-ring (bicyclic) bond motifs is 1. The van der Waals surface area contributed by atoms with E-state index in [2.05, 4.69) is 4.99 Å². The third-order valence-electron chi connectivity index (χ3n) is 2.43. The number of aliphatic hydroxyl groups is 1. The van der Waals surface area contributed by atoms with Crippen molar-refractivity contribution in [1.29, 1.82) is 0 Å². The van der Waals surface area contributed by atoms with E-state index < -0.39 is 0 Å². The largest absolute Gasteiger partial charge is 0.392 e. The van der Waals surface area contributed by atoms with E-state index in [0.717, 1.165) is 11.3 Å². The number of aliphatic imine (C=N–C) groups is 1. The first-order chi connectivity index (χ1) is 6.72. The summed E-state index contributed by atoms with van der Waals surface area (Å²) in [7, 11) is 1.97. The highest BCUT2D eigenvalue weighted by atomic mass is 16.3. The van der Waals surface area contributed by atoms with Crippen LogP contribution < -0.4 is 5.73 Å². The number of amidine groups is 1. The Morgan fingerprint density at radius 2 is 2.36 bits per heavy atom. The minimum absolute atomic E-state index is 0.000787. The summed E-state index contributed by atoms with van der Waals surface area (Å²) in [5.74, 6) is 0.492. The summed E-state index contributed by atoms with van der Waals surface area (Å²) in [6.45, 7) is 0.000787. The molecule has 0 fully saturated rings. The number of dihydropyridines is 1. The molecular formula is C10H13N3O. The first kappa shape index (κ1) is 9.02. The third kappa shape index (κ3) is 1.33. The molecule has 0 bridgehead atoms. The predicted molar refractivity (Wildman–Crippen MR) is 55.6 cm³/mol. The molecule has 0 saturated carbocycles. The van der Waals surface area contributed by atoms with Crippen LogP contribution in [0.25, 0.3) is 0 Å². The second kappa shape index (κ2) is 3.31. The van der Waals surface area contributed by atoms with Crippen molar-refractivity contribution in [3.8, 4) is 0 Å². The lowest BCUT2D eigenvalue weighted by Crippen LogP contribution is -2.33. The number of hydrogen-bond acceptors (Lipinski definition) is 4. The monoisotopic (exact) mass is 191 g/mol. The van der Waals surface area contributed by atoms with Gasteiger partial charge in [0.1, 0.15) is 5.84 Å². The van der Waals surface area contributed by atoms with Crippen LogP contribution in [0.5, 0.6) is 0 Å². The summed E-state index contributed by atoms with van der Waals surface area (Å²) in [5, 5.41) is 9.14. The van der Waals surface area contributed by atoms with Gasteiger partial charge in [-0.15, -0.1) is 0 Å². The van der Waals surface area contributed by atoms with E-state index in [0.29, 0.717) is 5.84 Å². The van der Waals surface area contributed by atoms with Gasteiger partial charge in [-0.25, -0.2) is 4.99 Å². The van der Waals surface area contributed by atoms with Crippen LogP contribution in [-0.4, -0.2) is 35.5 Å². The van der Waals surface area contributed by atoms with Crippen LogP contribution in [0, 0.1) is 0 Å². The Bertz CT molecular complexity index is 366. The highest BCUT2D eigenvalue weighted by molar-refractivity contribution is 5.93. The summed E-state index contributed by atoms with van der Waals surface area (Å²) in [6.07, 6.45) is 7.57. The summed E-state index contributed by atoms with van der Waals surface area (Å²) in [4.78, 5) is 6.27. The molecule has 0 aromatic carbocycles. The van der Waals surface area contributed by atoms with Gasteiger partial charge in [0.15, 0.2) is 0 Å². The number of nitrogens with zero attached hydrogens (tertiary/aromatic N) is 2. The maximum absolute atomic E-state index is 9.14. The molecule has 2 aliphatic heterocycles. The van der Waals surface area contributed by atoms with Gasteiger partial charge >= 0.3 is 0 Å². The van der Waals surface area contributed by atoms with E-state index in [9.17, 15) is 0 Å². The van der Waals surface area contributed by atoms with Gasteiger partial charge in [0.25, 0.3) is 0 Å². The van der Waals surface area contributed by atoms with E-state index in [-0.39, 0.29) is 12.6 Å². The molecular weight excluding hydrogens is 178 g/mol. The lowest BCUT2D eigenvalue weighted by molar-refractivity contribution is 0.325. The highest BCUT2D eigenvalue weighted by Gasteiger charge is 2.23. The van der Waals surface area contributed by atoms with Crippen molar-refractivity contribution in [3.05, 3.63) is 35.7 Å². The minimum atomic E-state index is 0.000787. The topological polar surface area (TPSA) is 61.8 Å². The summed E-state index contributed by atoms with van der Waals surface area (Å²) >= 11 is 0. The smallest absolute Gasteiger partial charge is 0.123 e. The average Bonchev–Trinajstić information content (AvgIpc) is 2.18. The average molecular weight is 191 g/mol. The van der Waals surface area contributed by atoms with Crippen molar-refractivity contribution in [1.82, 2.24) is 4.90 Å². The molecule has 3 N–H and O–H groups in total. The zero-order chi connectivity index (χ0) is 10.1. The van der Waals surface area contributed by atoms with Crippen LogP contribution in [0.15, 0.2) is 40.7 Å². The fourth-order valence-corrected chi connectivity index (χ4v) is 1.63. The van der Waals surface area contributed by atoms with Gasteiger partial charge in [0.05, 0.1) is 18.3 Å². The van der Waals surface area contributed by atoms with Crippen LogP contribution in [0.3, 0.4) is 0 Å². The van der Waals surface area contributed by atoms with Crippen LogP contribution in [0.1, 0.15) is 0 Å². The van der Waals surface area contributed by atoms with Crippen LogP contribution in [-0.2, 0) is 0 Å². The van der Waals surface area contributed by atoms with E-state index in [1.54, 1.807) is 6.08 Å². The zero-order valence-corrected chi connectivity index (χ0v) is 8.01. The Kier molecular flexibility index (Phi) is 2.13. The molecule has 1 atom stereocenters. The molecule has 2 heterocycles. The number of likely N-dealkylation sites (N-methyl/N-ethyl adjacent to an activating group) is 1. The van der Waals surface area contributed by atoms with E-state index >= 15 is 0 Å². The molecule has 0 aromatic heterocycles. The molecule has 2 aliphatic rings. The summed E-state index contributed by atoms with van der Waals surface area (Å²) in [5.41, 5.74) is 7.29. The molecule has 1 unspecified atom stereocenters.